The SMILES string of the molecule is CN=C(NCc1cc(Cl)ccc1OC(F)F)NCC(C)(C)NS(C)(=O)=O.I. The summed E-state index contributed by atoms with van der Waals surface area (Å²) in [6.45, 7) is 0.840. The van der Waals surface area contributed by atoms with Crippen molar-refractivity contribution in [2.75, 3.05) is 19.8 Å². The molecule has 0 unspecified atom stereocenters. The lowest BCUT2D eigenvalue weighted by Crippen LogP contribution is -2.52. The fraction of sp³-hybridized carbons (Fsp3) is 0.533. The maximum absolute atomic E-state index is 12.5. The van der Waals surface area contributed by atoms with Crippen molar-refractivity contribution in [2.24, 2.45) is 4.99 Å². The Labute approximate surface area is 180 Å². The molecule has 0 saturated carbocycles. The van der Waals surface area contributed by atoms with Gasteiger partial charge in [-0.05, 0) is 32.0 Å². The van der Waals surface area contributed by atoms with Crippen molar-refractivity contribution >= 4 is 51.6 Å². The number of ether oxygens (including phenoxy) is 1. The quantitative estimate of drug-likeness (QED) is 0.268. The number of halogens is 4. The third kappa shape index (κ3) is 10.9. The van der Waals surface area contributed by atoms with Gasteiger partial charge in [-0.2, -0.15) is 8.78 Å². The molecule has 0 fully saturated rings. The normalized spacial score (nSPS) is 12.5. The Morgan fingerprint density at radius 2 is 1.96 bits per heavy atom. The van der Waals surface area contributed by atoms with E-state index in [1.165, 1.54) is 25.2 Å². The van der Waals surface area contributed by atoms with Gasteiger partial charge >= 0.3 is 6.61 Å². The first-order valence-corrected chi connectivity index (χ1v) is 9.85. The van der Waals surface area contributed by atoms with Gasteiger partial charge in [-0.3, -0.25) is 4.99 Å². The van der Waals surface area contributed by atoms with E-state index in [4.69, 9.17) is 11.6 Å². The van der Waals surface area contributed by atoms with E-state index in [-0.39, 0.29) is 42.8 Å². The summed E-state index contributed by atoms with van der Waals surface area (Å²) >= 11 is 5.90. The number of alkyl halides is 2. The van der Waals surface area contributed by atoms with E-state index in [2.05, 4.69) is 25.1 Å². The fourth-order valence-corrected chi connectivity index (χ4v) is 3.41. The second-order valence-electron chi connectivity index (χ2n) is 6.17. The largest absolute Gasteiger partial charge is 0.434 e. The van der Waals surface area contributed by atoms with Gasteiger partial charge in [0.15, 0.2) is 5.96 Å². The molecule has 12 heteroatoms. The van der Waals surface area contributed by atoms with Crippen LogP contribution in [0.1, 0.15) is 19.4 Å². The second kappa shape index (κ2) is 11.2. The standard InChI is InChI=1S/C15H23ClF2N4O3S.HI/c1-15(2,22-26(4,23)24)9-21-14(19-3)20-8-10-7-11(16)5-6-12(10)25-13(17)18;/h5-7,13,22H,8-9H2,1-4H3,(H2,19,20,21);1H. The average Bonchev–Trinajstić information content (AvgIpc) is 2.47. The molecule has 27 heavy (non-hydrogen) atoms. The fourth-order valence-electron chi connectivity index (χ4n) is 2.14. The van der Waals surface area contributed by atoms with Gasteiger partial charge in [-0.25, -0.2) is 13.1 Å². The molecule has 7 nitrogen and oxygen atoms in total. The molecular formula is C15H24ClF2IN4O3S. The molecule has 1 rings (SSSR count). The van der Waals surface area contributed by atoms with Crippen LogP contribution < -0.4 is 20.1 Å². The van der Waals surface area contributed by atoms with Crippen LogP contribution in [0.5, 0.6) is 5.75 Å². The van der Waals surface area contributed by atoms with Crippen LogP contribution in [0.25, 0.3) is 0 Å². The van der Waals surface area contributed by atoms with Crippen LogP contribution in [0.4, 0.5) is 8.78 Å². The number of nitrogens with zero attached hydrogens (tertiary/aromatic N) is 1. The van der Waals surface area contributed by atoms with Gasteiger partial charge < -0.3 is 15.4 Å². The Bertz CT molecular complexity index is 749. The topological polar surface area (TPSA) is 91.8 Å². The molecule has 156 valence electrons. The molecule has 0 spiro atoms. The van der Waals surface area contributed by atoms with Crippen LogP contribution in [0.15, 0.2) is 23.2 Å². The van der Waals surface area contributed by atoms with E-state index >= 15 is 0 Å². The maximum atomic E-state index is 12.5. The summed E-state index contributed by atoms with van der Waals surface area (Å²) in [4.78, 5) is 4.01. The van der Waals surface area contributed by atoms with Crippen molar-refractivity contribution in [1.82, 2.24) is 15.4 Å². The van der Waals surface area contributed by atoms with Crippen LogP contribution in [0.3, 0.4) is 0 Å². The van der Waals surface area contributed by atoms with Crippen LogP contribution in [0.2, 0.25) is 5.02 Å². The van der Waals surface area contributed by atoms with E-state index < -0.39 is 22.2 Å². The number of aliphatic imine (C=N–C) groups is 1. The third-order valence-corrected chi connectivity index (χ3v) is 4.23. The zero-order valence-electron chi connectivity index (χ0n) is 15.3. The molecule has 0 aliphatic rings. The molecule has 0 bridgehead atoms. The number of rotatable bonds is 8. The highest BCUT2D eigenvalue weighted by Gasteiger charge is 2.22. The van der Waals surface area contributed by atoms with Gasteiger partial charge in [-0.1, -0.05) is 11.6 Å². The van der Waals surface area contributed by atoms with Gasteiger partial charge in [-0.15, -0.1) is 24.0 Å². The zero-order valence-corrected chi connectivity index (χ0v) is 19.2. The summed E-state index contributed by atoms with van der Waals surface area (Å²) in [5.74, 6) is 0.364. The first kappa shape index (κ1) is 26.1. The van der Waals surface area contributed by atoms with Crippen LogP contribution in [0, 0.1) is 0 Å². The number of benzene rings is 1. The molecule has 0 radical (unpaired) electrons. The monoisotopic (exact) mass is 540 g/mol. The van der Waals surface area contributed by atoms with Gasteiger partial charge in [0.2, 0.25) is 10.0 Å². The minimum Gasteiger partial charge on any atom is -0.434 e. The predicted octanol–water partition coefficient (Wildman–Crippen LogP) is 2.55. The molecule has 0 aliphatic heterocycles. The Morgan fingerprint density at radius 3 is 2.48 bits per heavy atom. The molecular weight excluding hydrogens is 517 g/mol. The van der Waals surface area contributed by atoms with Crippen molar-refractivity contribution < 1.29 is 21.9 Å². The summed E-state index contributed by atoms with van der Waals surface area (Å²) in [6, 6.07) is 4.32. The first-order valence-electron chi connectivity index (χ1n) is 7.58. The molecule has 1 aromatic rings. The predicted molar refractivity (Wildman–Crippen MR) is 114 cm³/mol. The van der Waals surface area contributed by atoms with Crippen LogP contribution >= 0.6 is 35.6 Å². The van der Waals surface area contributed by atoms with Crippen molar-refractivity contribution in [1.29, 1.82) is 0 Å². The van der Waals surface area contributed by atoms with Gasteiger partial charge in [0, 0.05) is 36.3 Å². The Morgan fingerprint density at radius 1 is 1.33 bits per heavy atom. The van der Waals surface area contributed by atoms with E-state index in [1.807, 2.05) is 0 Å². The summed E-state index contributed by atoms with van der Waals surface area (Å²) in [7, 11) is -1.84. The maximum Gasteiger partial charge on any atom is 0.387 e. The summed E-state index contributed by atoms with van der Waals surface area (Å²) in [5.41, 5.74) is -0.333. The van der Waals surface area contributed by atoms with Crippen LogP contribution in [-0.4, -0.2) is 46.4 Å². The summed E-state index contributed by atoms with van der Waals surface area (Å²) < 4.78 is 54.6. The van der Waals surface area contributed by atoms with Gasteiger partial charge in [0.1, 0.15) is 5.75 Å². The van der Waals surface area contributed by atoms with E-state index in [0.29, 0.717) is 16.5 Å². The number of guanidine groups is 1. The number of hydrogen-bond donors (Lipinski definition) is 3. The number of hydrogen-bond acceptors (Lipinski definition) is 4. The summed E-state index contributed by atoms with van der Waals surface area (Å²) in [5, 5.41) is 6.29. The minimum atomic E-state index is -3.37. The number of sulfonamides is 1. The highest BCUT2D eigenvalue weighted by atomic mass is 127. The second-order valence-corrected chi connectivity index (χ2v) is 8.35. The molecule has 0 saturated heterocycles. The molecule has 0 amide bonds. The lowest BCUT2D eigenvalue weighted by atomic mass is 10.1. The summed E-state index contributed by atoms with van der Waals surface area (Å²) in [6.07, 6.45) is 1.07. The lowest BCUT2D eigenvalue weighted by molar-refractivity contribution is -0.0504. The average molecular weight is 541 g/mol. The molecule has 0 aromatic heterocycles. The van der Waals surface area contributed by atoms with Crippen molar-refractivity contribution in [3.8, 4) is 5.75 Å². The van der Waals surface area contributed by atoms with Gasteiger partial charge in [0.05, 0.1) is 6.26 Å². The lowest BCUT2D eigenvalue weighted by Gasteiger charge is -2.26. The highest BCUT2D eigenvalue weighted by molar-refractivity contribution is 14.0. The number of nitrogens with one attached hydrogen (secondary N) is 3. The van der Waals surface area contributed by atoms with Crippen molar-refractivity contribution in [3.63, 3.8) is 0 Å². The van der Waals surface area contributed by atoms with E-state index in [0.717, 1.165) is 6.26 Å². The zero-order chi connectivity index (χ0) is 20.0. The van der Waals surface area contributed by atoms with Crippen molar-refractivity contribution in [3.05, 3.63) is 28.8 Å². The van der Waals surface area contributed by atoms with Crippen LogP contribution in [-0.2, 0) is 16.6 Å². The van der Waals surface area contributed by atoms with E-state index in [9.17, 15) is 17.2 Å². The molecule has 0 atom stereocenters. The van der Waals surface area contributed by atoms with Crippen molar-refractivity contribution in [2.45, 2.75) is 32.5 Å². The van der Waals surface area contributed by atoms with E-state index in [1.54, 1.807) is 13.8 Å². The Hall–Kier alpha value is -0.920. The molecule has 0 aliphatic carbocycles. The molecule has 0 heterocycles. The van der Waals surface area contributed by atoms with Gasteiger partial charge in [0.25, 0.3) is 0 Å². The Balaban J connectivity index is 0.00000676. The minimum absolute atomic E-state index is 0. The molecule has 3 N–H and O–H groups in total. The Kier molecular flexibility index (Phi) is 10.8. The first-order chi connectivity index (χ1) is 11.9. The third-order valence-electron chi connectivity index (χ3n) is 3.07. The smallest absolute Gasteiger partial charge is 0.387 e. The molecule has 1 aromatic carbocycles. The highest BCUT2D eigenvalue weighted by Crippen LogP contribution is 2.24.